The number of amides is 1. The zero-order chi connectivity index (χ0) is 23.0. The van der Waals surface area contributed by atoms with Gasteiger partial charge in [0.05, 0.1) is 16.1 Å². The zero-order valence-electron chi connectivity index (χ0n) is 17.5. The quantitative estimate of drug-likeness (QED) is 0.583. The van der Waals surface area contributed by atoms with Crippen molar-refractivity contribution in [1.29, 1.82) is 0 Å². The van der Waals surface area contributed by atoms with E-state index in [1.807, 2.05) is 0 Å². The van der Waals surface area contributed by atoms with Gasteiger partial charge in [-0.05, 0) is 50.1 Å². The molecule has 0 atom stereocenters. The molecule has 0 fully saturated rings. The topological polar surface area (TPSA) is 105 Å². The Hall–Kier alpha value is -3.46. The van der Waals surface area contributed by atoms with Crippen molar-refractivity contribution in [3.05, 3.63) is 76.5 Å². The maximum absolute atomic E-state index is 13.9. The second-order valence-electron chi connectivity index (χ2n) is 7.65. The van der Waals surface area contributed by atoms with Gasteiger partial charge in [0.25, 0.3) is 15.9 Å². The van der Waals surface area contributed by atoms with Gasteiger partial charge in [-0.2, -0.15) is 0 Å². The van der Waals surface area contributed by atoms with E-state index in [9.17, 15) is 22.4 Å². The van der Waals surface area contributed by atoms with Gasteiger partial charge in [0, 0.05) is 24.1 Å². The summed E-state index contributed by atoms with van der Waals surface area (Å²) >= 11 is 0. The van der Waals surface area contributed by atoms with E-state index in [1.165, 1.54) is 30.3 Å². The second kappa shape index (κ2) is 8.23. The molecule has 3 aromatic rings. The lowest BCUT2D eigenvalue weighted by atomic mass is 9.94. The van der Waals surface area contributed by atoms with Gasteiger partial charge in [-0.3, -0.25) is 14.3 Å². The van der Waals surface area contributed by atoms with Crippen LogP contribution in [0.5, 0.6) is 0 Å². The van der Waals surface area contributed by atoms with Crippen molar-refractivity contribution in [2.45, 2.75) is 38.0 Å². The van der Waals surface area contributed by atoms with Crippen LogP contribution in [0.2, 0.25) is 0 Å². The van der Waals surface area contributed by atoms with E-state index in [0.29, 0.717) is 41.7 Å². The van der Waals surface area contributed by atoms with E-state index in [0.717, 1.165) is 6.07 Å². The van der Waals surface area contributed by atoms with Crippen LogP contribution in [0.4, 0.5) is 15.8 Å². The molecule has 0 saturated heterocycles. The molecule has 0 spiro atoms. The number of aryl methyl sites for hydroxylation is 2. The van der Waals surface area contributed by atoms with Gasteiger partial charge < -0.3 is 9.73 Å². The fourth-order valence-corrected chi connectivity index (χ4v) is 5.10. The van der Waals surface area contributed by atoms with Crippen molar-refractivity contribution in [2.75, 3.05) is 10.0 Å². The minimum atomic E-state index is -4.12. The van der Waals surface area contributed by atoms with Gasteiger partial charge in [-0.15, -0.1) is 0 Å². The van der Waals surface area contributed by atoms with Crippen LogP contribution >= 0.6 is 0 Å². The van der Waals surface area contributed by atoms with Crippen LogP contribution in [-0.4, -0.2) is 20.1 Å². The highest BCUT2D eigenvalue weighted by Crippen LogP contribution is 2.30. The van der Waals surface area contributed by atoms with Gasteiger partial charge in [0.1, 0.15) is 11.6 Å². The standard InChI is InChI=1S/C23H21FN2O5S/c1-13-10-11-15(12-20(13)32(29,30)26-17-7-4-3-6-16(17)24)25-23(28)22-14(2)21-18(27)8-5-9-19(21)31-22/h3-4,6-7,10-12,26H,5,8-9H2,1-2H3,(H,25,28). The van der Waals surface area contributed by atoms with Gasteiger partial charge in [-0.1, -0.05) is 18.2 Å². The predicted molar refractivity (Wildman–Crippen MR) is 117 cm³/mol. The lowest BCUT2D eigenvalue weighted by Crippen LogP contribution is -2.17. The third-order valence-electron chi connectivity index (χ3n) is 5.37. The van der Waals surface area contributed by atoms with Crippen LogP contribution in [0.25, 0.3) is 0 Å². The molecule has 2 aromatic carbocycles. The van der Waals surface area contributed by atoms with Crippen LogP contribution in [-0.2, 0) is 16.4 Å². The normalized spacial score (nSPS) is 13.5. The van der Waals surface area contributed by atoms with E-state index >= 15 is 0 Å². The van der Waals surface area contributed by atoms with Crippen LogP contribution in [0.15, 0.2) is 51.8 Å². The Bertz CT molecular complexity index is 1340. The maximum atomic E-state index is 13.9. The number of hydrogen-bond acceptors (Lipinski definition) is 5. The summed E-state index contributed by atoms with van der Waals surface area (Å²) in [6.45, 7) is 3.25. The summed E-state index contributed by atoms with van der Waals surface area (Å²) in [6.07, 6.45) is 1.68. The van der Waals surface area contributed by atoms with Crippen LogP contribution < -0.4 is 10.0 Å². The zero-order valence-corrected chi connectivity index (χ0v) is 18.3. The molecule has 9 heteroatoms. The molecule has 7 nitrogen and oxygen atoms in total. The highest BCUT2D eigenvalue weighted by Gasteiger charge is 2.29. The molecule has 166 valence electrons. The van der Waals surface area contributed by atoms with Crippen LogP contribution in [0.3, 0.4) is 0 Å². The third-order valence-corrected chi connectivity index (χ3v) is 6.87. The molecule has 32 heavy (non-hydrogen) atoms. The van der Waals surface area contributed by atoms with E-state index in [2.05, 4.69) is 10.0 Å². The smallest absolute Gasteiger partial charge is 0.291 e. The number of halogens is 1. The summed E-state index contributed by atoms with van der Waals surface area (Å²) in [4.78, 5) is 24.9. The van der Waals surface area contributed by atoms with Crippen molar-refractivity contribution < 1.29 is 26.8 Å². The number of anilines is 2. The van der Waals surface area contributed by atoms with Crippen molar-refractivity contribution >= 4 is 33.1 Å². The molecule has 0 bridgehead atoms. The monoisotopic (exact) mass is 456 g/mol. The molecular formula is C23H21FN2O5S. The number of carbonyl (C=O) groups excluding carboxylic acids is 2. The third kappa shape index (κ3) is 4.03. The number of benzene rings is 2. The predicted octanol–water partition coefficient (Wildman–Crippen LogP) is 4.61. The number of rotatable bonds is 5. The van der Waals surface area contributed by atoms with Crippen LogP contribution in [0, 0.1) is 19.7 Å². The Labute approximate surface area is 184 Å². The van der Waals surface area contributed by atoms with Gasteiger partial charge >= 0.3 is 0 Å². The molecule has 1 heterocycles. The number of Topliss-reactive ketones (excluding diaryl/α,β-unsaturated/α-hetero) is 1. The Morgan fingerprint density at radius 1 is 1.09 bits per heavy atom. The van der Waals surface area contributed by atoms with Crippen molar-refractivity contribution in [3.8, 4) is 0 Å². The van der Waals surface area contributed by atoms with Gasteiger partial charge in [0.15, 0.2) is 11.5 Å². The number of nitrogens with one attached hydrogen (secondary N) is 2. The van der Waals surface area contributed by atoms with E-state index in [1.54, 1.807) is 19.9 Å². The number of para-hydroxylation sites is 1. The van der Waals surface area contributed by atoms with Crippen molar-refractivity contribution in [1.82, 2.24) is 0 Å². The number of fused-ring (bicyclic) bond motifs is 1. The summed E-state index contributed by atoms with van der Waals surface area (Å²) in [5.74, 6) is -0.802. The Morgan fingerprint density at radius 2 is 1.84 bits per heavy atom. The fraction of sp³-hybridized carbons (Fsp3) is 0.217. The maximum Gasteiger partial charge on any atom is 0.291 e. The molecule has 0 radical (unpaired) electrons. The molecule has 0 aliphatic heterocycles. The fourth-order valence-electron chi connectivity index (χ4n) is 3.76. The average molecular weight is 456 g/mol. The van der Waals surface area contributed by atoms with Crippen LogP contribution in [0.1, 0.15) is 50.6 Å². The highest BCUT2D eigenvalue weighted by atomic mass is 32.2. The minimum Gasteiger partial charge on any atom is -0.455 e. The van der Waals surface area contributed by atoms with Gasteiger partial charge in [0.2, 0.25) is 0 Å². The average Bonchev–Trinajstić information content (AvgIpc) is 3.09. The van der Waals surface area contributed by atoms with Crippen molar-refractivity contribution in [3.63, 3.8) is 0 Å². The number of hydrogen-bond donors (Lipinski definition) is 2. The molecule has 0 saturated carbocycles. The summed E-state index contributed by atoms with van der Waals surface area (Å²) in [7, 11) is -4.12. The molecule has 1 aliphatic carbocycles. The van der Waals surface area contributed by atoms with E-state index in [4.69, 9.17) is 4.42 Å². The first kappa shape index (κ1) is 21.8. The first-order valence-corrected chi connectivity index (χ1v) is 11.5. The molecular weight excluding hydrogens is 435 g/mol. The number of furan rings is 1. The lowest BCUT2D eigenvalue weighted by molar-refractivity contribution is 0.0963. The first-order valence-electron chi connectivity index (χ1n) is 10.0. The Kier molecular flexibility index (Phi) is 5.60. The number of ketones is 1. The lowest BCUT2D eigenvalue weighted by Gasteiger charge is -2.13. The summed E-state index contributed by atoms with van der Waals surface area (Å²) < 4.78 is 47.5. The molecule has 4 rings (SSSR count). The molecule has 1 amide bonds. The second-order valence-corrected chi connectivity index (χ2v) is 9.30. The van der Waals surface area contributed by atoms with Gasteiger partial charge in [-0.25, -0.2) is 12.8 Å². The summed E-state index contributed by atoms with van der Waals surface area (Å²) in [5.41, 5.74) is 1.39. The molecule has 0 unspecified atom stereocenters. The summed E-state index contributed by atoms with van der Waals surface area (Å²) in [6, 6.07) is 9.82. The number of carbonyl (C=O) groups is 2. The Balaban J connectivity index is 1.62. The van der Waals surface area contributed by atoms with E-state index in [-0.39, 0.29) is 27.8 Å². The highest BCUT2D eigenvalue weighted by molar-refractivity contribution is 7.92. The SMILES string of the molecule is Cc1ccc(NC(=O)c2oc3c(c2C)C(=O)CCC3)cc1S(=O)(=O)Nc1ccccc1F. The molecule has 1 aromatic heterocycles. The largest absolute Gasteiger partial charge is 0.455 e. The first-order chi connectivity index (χ1) is 15.2. The van der Waals surface area contributed by atoms with Crippen molar-refractivity contribution in [2.24, 2.45) is 0 Å². The summed E-state index contributed by atoms with van der Waals surface area (Å²) in [5, 5.41) is 2.63. The Morgan fingerprint density at radius 3 is 2.56 bits per heavy atom. The minimum absolute atomic E-state index is 0.0275. The molecule has 2 N–H and O–H groups in total. The molecule has 1 aliphatic rings. The number of sulfonamides is 1. The van der Waals surface area contributed by atoms with E-state index < -0.39 is 21.7 Å².